The summed E-state index contributed by atoms with van der Waals surface area (Å²) < 4.78 is 6.89. The third-order valence-corrected chi connectivity index (χ3v) is 5.43. The summed E-state index contributed by atoms with van der Waals surface area (Å²) in [5.41, 5.74) is 2.96. The van der Waals surface area contributed by atoms with Crippen LogP contribution in [0.3, 0.4) is 0 Å². The van der Waals surface area contributed by atoms with E-state index in [1.54, 1.807) is 18.2 Å². The van der Waals surface area contributed by atoms with Crippen molar-refractivity contribution in [2.24, 2.45) is 0 Å². The minimum Gasteiger partial charge on any atom is -0.459 e. The van der Waals surface area contributed by atoms with Gasteiger partial charge >= 0.3 is 0 Å². The average Bonchev–Trinajstić information content (AvgIpc) is 3.39. The van der Waals surface area contributed by atoms with Crippen LogP contribution < -0.4 is 10.6 Å². The SMILES string of the molecule is C=CCn1c(CNC(=O)c2ccco2)nnc1SCC(=O)Nc1cccc(C)c1C. The van der Waals surface area contributed by atoms with E-state index in [-0.39, 0.29) is 29.9 Å². The second-order valence-electron chi connectivity index (χ2n) is 6.54. The number of furan rings is 1. The zero-order valence-corrected chi connectivity index (χ0v) is 17.7. The molecule has 0 aliphatic rings. The minimum absolute atomic E-state index is 0.130. The normalized spacial score (nSPS) is 10.6. The molecule has 0 fully saturated rings. The van der Waals surface area contributed by atoms with E-state index < -0.39 is 0 Å². The van der Waals surface area contributed by atoms with Crippen LogP contribution in [0.15, 0.2) is 58.8 Å². The van der Waals surface area contributed by atoms with Crippen molar-refractivity contribution in [1.29, 1.82) is 0 Å². The van der Waals surface area contributed by atoms with Gasteiger partial charge in [-0.05, 0) is 43.2 Å². The first kappa shape index (κ1) is 21.4. The summed E-state index contributed by atoms with van der Waals surface area (Å²) in [6.45, 7) is 8.37. The number of aryl methyl sites for hydroxylation is 1. The maximum atomic E-state index is 12.4. The Balaban J connectivity index is 1.61. The van der Waals surface area contributed by atoms with E-state index in [2.05, 4.69) is 27.4 Å². The molecule has 2 N–H and O–H groups in total. The average molecular weight is 426 g/mol. The molecule has 9 heteroatoms. The molecule has 0 radical (unpaired) electrons. The van der Waals surface area contributed by atoms with E-state index in [0.29, 0.717) is 17.5 Å². The molecular weight excluding hydrogens is 402 g/mol. The molecule has 0 aliphatic heterocycles. The van der Waals surface area contributed by atoms with Gasteiger partial charge < -0.3 is 19.6 Å². The number of carbonyl (C=O) groups is 2. The van der Waals surface area contributed by atoms with E-state index >= 15 is 0 Å². The fourth-order valence-corrected chi connectivity index (χ4v) is 3.49. The molecule has 0 unspecified atom stereocenters. The molecule has 0 atom stereocenters. The van der Waals surface area contributed by atoms with Crippen LogP contribution in [-0.2, 0) is 17.9 Å². The molecule has 3 aromatic rings. The van der Waals surface area contributed by atoms with Crippen molar-refractivity contribution in [1.82, 2.24) is 20.1 Å². The topological polar surface area (TPSA) is 102 Å². The minimum atomic E-state index is -0.338. The monoisotopic (exact) mass is 425 g/mol. The smallest absolute Gasteiger partial charge is 0.287 e. The molecule has 2 heterocycles. The maximum Gasteiger partial charge on any atom is 0.287 e. The summed E-state index contributed by atoms with van der Waals surface area (Å²) in [7, 11) is 0. The van der Waals surface area contributed by atoms with Gasteiger partial charge in [0.25, 0.3) is 5.91 Å². The Morgan fingerprint density at radius 2 is 2.07 bits per heavy atom. The number of nitrogens with one attached hydrogen (secondary N) is 2. The Morgan fingerprint density at radius 1 is 1.23 bits per heavy atom. The van der Waals surface area contributed by atoms with Crippen LogP contribution in [0, 0.1) is 13.8 Å². The third kappa shape index (κ3) is 5.18. The highest BCUT2D eigenvalue weighted by Crippen LogP contribution is 2.20. The summed E-state index contributed by atoms with van der Waals surface area (Å²) in [5, 5.41) is 14.6. The van der Waals surface area contributed by atoms with E-state index in [9.17, 15) is 9.59 Å². The number of thioether (sulfide) groups is 1. The van der Waals surface area contributed by atoms with Gasteiger partial charge in [0.1, 0.15) is 0 Å². The fourth-order valence-electron chi connectivity index (χ4n) is 2.73. The lowest BCUT2D eigenvalue weighted by atomic mass is 10.1. The predicted molar refractivity (Wildman–Crippen MR) is 115 cm³/mol. The quantitative estimate of drug-likeness (QED) is 0.403. The van der Waals surface area contributed by atoms with Gasteiger partial charge in [-0.3, -0.25) is 9.59 Å². The van der Waals surface area contributed by atoms with Crippen LogP contribution in [0.4, 0.5) is 5.69 Å². The summed E-state index contributed by atoms with van der Waals surface area (Å²) in [6, 6.07) is 9.02. The Morgan fingerprint density at radius 3 is 2.80 bits per heavy atom. The van der Waals surface area contributed by atoms with Crippen molar-refractivity contribution in [3.05, 3.63) is 72.0 Å². The molecule has 8 nitrogen and oxygen atoms in total. The molecule has 1 aromatic carbocycles. The number of carbonyl (C=O) groups excluding carboxylic acids is 2. The van der Waals surface area contributed by atoms with Crippen LogP contribution in [0.2, 0.25) is 0 Å². The highest BCUT2D eigenvalue weighted by molar-refractivity contribution is 7.99. The van der Waals surface area contributed by atoms with Gasteiger partial charge in [-0.25, -0.2) is 0 Å². The molecular formula is C21H23N5O3S. The van der Waals surface area contributed by atoms with Gasteiger partial charge in [0, 0.05) is 12.2 Å². The highest BCUT2D eigenvalue weighted by atomic mass is 32.2. The van der Waals surface area contributed by atoms with Gasteiger partial charge in [0.15, 0.2) is 16.7 Å². The van der Waals surface area contributed by atoms with Gasteiger partial charge in [-0.2, -0.15) is 0 Å². The summed E-state index contributed by atoms with van der Waals surface area (Å²) in [4.78, 5) is 24.4. The van der Waals surface area contributed by atoms with Crippen molar-refractivity contribution >= 4 is 29.3 Å². The summed E-state index contributed by atoms with van der Waals surface area (Å²) in [6.07, 6.45) is 3.15. The standard InChI is InChI=1S/C21H23N5O3S/c1-4-10-26-18(12-22-20(28)17-9-6-11-29-17)24-25-21(26)30-13-19(27)23-16-8-5-7-14(2)15(16)3/h4-9,11H,1,10,12-13H2,2-3H3,(H,22,28)(H,23,27). The predicted octanol–water partition coefficient (Wildman–Crippen LogP) is 3.33. The molecule has 30 heavy (non-hydrogen) atoms. The molecule has 3 rings (SSSR count). The largest absolute Gasteiger partial charge is 0.459 e. The van der Waals surface area contributed by atoms with Crippen molar-refractivity contribution in [3.63, 3.8) is 0 Å². The summed E-state index contributed by atoms with van der Waals surface area (Å²) >= 11 is 1.28. The van der Waals surface area contributed by atoms with Crippen molar-refractivity contribution in [2.45, 2.75) is 32.1 Å². The van der Waals surface area contributed by atoms with Crippen molar-refractivity contribution < 1.29 is 14.0 Å². The van der Waals surface area contributed by atoms with E-state index in [1.807, 2.05) is 36.6 Å². The number of amides is 2. The van der Waals surface area contributed by atoms with Crippen LogP contribution in [-0.4, -0.2) is 32.3 Å². The van der Waals surface area contributed by atoms with Crippen LogP contribution in [0.1, 0.15) is 27.5 Å². The number of rotatable bonds is 9. The number of anilines is 1. The van der Waals surface area contributed by atoms with E-state index in [1.165, 1.54) is 18.0 Å². The lowest BCUT2D eigenvalue weighted by Crippen LogP contribution is -2.24. The second kappa shape index (κ2) is 9.93. The summed E-state index contributed by atoms with van der Waals surface area (Å²) in [5.74, 6) is 0.501. The van der Waals surface area contributed by atoms with Gasteiger partial charge in [0.2, 0.25) is 5.91 Å². The number of aromatic nitrogens is 3. The highest BCUT2D eigenvalue weighted by Gasteiger charge is 2.16. The first-order valence-corrected chi connectivity index (χ1v) is 10.3. The molecule has 0 spiro atoms. The third-order valence-electron chi connectivity index (χ3n) is 4.47. The van der Waals surface area contributed by atoms with Crippen molar-refractivity contribution in [2.75, 3.05) is 11.1 Å². The van der Waals surface area contributed by atoms with E-state index in [4.69, 9.17) is 4.42 Å². The molecule has 0 saturated heterocycles. The van der Waals surface area contributed by atoms with E-state index in [0.717, 1.165) is 16.8 Å². The Kier molecular flexibility index (Phi) is 7.08. The number of hydrogen-bond donors (Lipinski definition) is 2. The lowest BCUT2D eigenvalue weighted by molar-refractivity contribution is -0.113. The Labute approximate surface area is 178 Å². The van der Waals surface area contributed by atoms with Crippen LogP contribution in [0.25, 0.3) is 0 Å². The molecule has 2 aromatic heterocycles. The second-order valence-corrected chi connectivity index (χ2v) is 7.48. The lowest BCUT2D eigenvalue weighted by Gasteiger charge is -2.11. The van der Waals surface area contributed by atoms with Gasteiger partial charge in [0.05, 0.1) is 18.6 Å². The molecule has 2 amide bonds. The van der Waals surface area contributed by atoms with Gasteiger partial charge in [-0.1, -0.05) is 30.0 Å². The van der Waals surface area contributed by atoms with Gasteiger partial charge in [-0.15, -0.1) is 16.8 Å². The Hall–Kier alpha value is -3.33. The maximum absolute atomic E-state index is 12.4. The zero-order chi connectivity index (χ0) is 21.5. The Bertz CT molecular complexity index is 1040. The molecule has 0 bridgehead atoms. The fraction of sp³-hybridized carbons (Fsp3) is 0.238. The van der Waals surface area contributed by atoms with Crippen LogP contribution >= 0.6 is 11.8 Å². The first-order valence-electron chi connectivity index (χ1n) is 9.33. The number of allylic oxidation sites excluding steroid dienone is 1. The number of nitrogens with zero attached hydrogens (tertiary/aromatic N) is 3. The molecule has 0 saturated carbocycles. The van der Waals surface area contributed by atoms with Crippen molar-refractivity contribution in [3.8, 4) is 0 Å². The molecule has 156 valence electrons. The number of hydrogen-bond acceptors (Lipinski definition) is 6. The first-order chi connectivity index (χ1) is 14.5. The van der Waals surface area contributed by atoms with Crippen LogP contribution in [0.5, 0.6) is 0 Å². The zero-order valence-electron chi connectivity index (χ0n) is 16.8. The molecule has 0 aliphatic carbocycles. The number of benzene rings is 1.